The molecule has 6 nitrogen and oxygen atoms in total. The summed E-state index contributed by atoms with van der Waals surface area (Å²) < 4.78 is 40.1. The fourth-order valence-corrected chi connectivity index (χ4v) is 2.62. The second-order valence-corrected chi connectivity index (χ2v) is 6.71. The summed E-state index contributed by atoms with van der Waals surface area (Å²) in [6.07, 6.45) is -3.27. The van der Waals surface area contributed by atoms with Gasteiger partial charge in [0.1, 0.15) is 0 Å². The predicted molar refractivity (Wildman–Crippen MR) is 99.4 cm³/mol. The highest BCUT2D eigenvalue weighted by atomic mass is 19.4. The van der Waals surface area contributed by atoms with Gasteiger partial charge in [0.15, 0.2) is 5.69 Å². The minimum Gasteiger partial charge on any atom is -0.349 e. The van der Waals surface area contributed by atoms with Gasteiger partial charge in [-0.2, -0.15) is 18.3 Å². The third-order valence-corrected chi connectivity index (χ3v) is 4.75. The molecule has 1 amide bonds. The Kier molecular flexibility index (Phi) is 6.28. The highest BCUT2D eigenvalue weighted by Crippen LogP contribution is 2.30. The first-order valence-electron chi connectivity index (χ1n) is 8.86. The number of hydrogen-bond acceptors (Lipinski definition) is 4. The molecule has 0 aliphatic rings. The first kappa shape index (κ1) is 21.6. The van der Waals surface area contributed by atoms with Gasteiger partial charge in [0, 0.05) is 23.8 Å². The lowest BCUT2D eigenvalue weighted by molar-refractivity contribution is -0.137. The van der Waals surface area contributed by atoms with Gasteiger partial charge >= 0.3 is 6.18 Å². The number of amides is 1. The molecule has 1 aromatic carbocycles. The van der Waals surface area contributed by atoms with Crippen molar-refractivity contribution in [3.8, 4) is 5.69 Å². The van der Waals surface area contributed by atoms with Crippen molar-refractivity contribution < 1.29 is 18.0 Å². The molecule has 2 rings (SSSR count). The lowest BCUT2D eigenvalue weighted by Crippen LogP contribution is -2.50. The van der Waals surface area contributed by atoms with E-state index in [-0.39, 0.29) is 12.2 Å². The Morgan fingerprint density at radius 2 is 1.86 bits per heavy atom. The van der Waals surface area contributed by atoms with E-state index in [1.165, 1.54) is 19.1 Å². The number of carbonyl (C=O) groups is 1. The second kappa shape index (κ2) is 8.14. The molecule has 0 unspecified atom stereocenters. The number of nitrogens with one attached hydrogen (secondary N) is 1. The lowest BCUT2D eigenvalue weighted by Gasteiger charge is -2.26. The standard InChI is InChI=1S/C19H23F3N4O2/c1-4-18(23,5-2)11-24-17(28)16-15(27)9-12(3)26(25-16)14-8-6-7-13(10-14)19(20,21)22/h6-10H,4-5,11,23H2,1-3H3,(H,24,28). The van der Waals surface area contributed by atoms with Crippen molar-refractivity contribution in [2.24, 2.45) is 5.73 Å². The summed E-state index contributed by atoms with van der Waals surface area (Å²) in [6, 6.07) is 5.66. The van der Waals surface area contributed by atoms with Crippen molar-refractivity contribution >= 4 is 5.91 Å². The molecule has 0 radical (unpaired) electrons. The Labute approximate surface area is 160 Å². The van der Waals surface area contributed by atoms with Crippen molar-refractivity contribution in [2.45, 2.75) is 45.3 Å². The summed E-state index contributed by atoms with van der Waals surface area (Å²) in [5.74, 6) is -0.720. The van der Waals surface area contributed by atoms with Crippen LogP contribution >= 0.6 is 0 Å². The number of aromatic nitrogens is 2. The molecule has 0 saturated heterocycles. The molecule has 1 heterocycles. The Bertz CT molecular complexity index is 918. The number of rotatable bonds is 6. The van der Waals surface area contributed by atoms with Gasteiger partial charge in [0.25, 0.3) is 5.91 Å². The molecule has 0 spiro atoms. The summed E-state index contributed by atoms with van der Waals surface area (Å²) >= 11 is 0. The fourth-order valence-electron chi connectivity index (χ4n) is 2.62. The normalized spacial score (nSPS) is 12.1. The number of nitrogens with zero attached hydrogens (tertiary/aromatic N) is 2. The van der Waals surface area contributed by atoms with Crippen LogP contribution in [0.25, 0.3) is 5.69 Å². The van der Waals surface area contributed by atoms with Crippen molar-refractivity contribution in [2.75, 3.05) is 6.54 Å². The van der Waals surface area contributed by atoms with E-state index in [0.717, 1.165) is 22.9 Å². The molecule has 152 valence electrons. The zero-order valence-electron chi connectivity index (χ0n) is 15.9. The third kappa shape index (κ3) is 4.78. The summed E-state index contributed by atoms with van der Waals surface area (Å²) in [5.41, 5.74) is 4.05. The van der Waals surface area contributed by atoms with Gasteiger partial charge in [-0.1, -0.05) is 19.9 Å². The summed E-state index contributed by atoms with van der Waals surface area (Å²) in [6.45, 7) is 5.45. The maximum absolute atomic E-state index is 13.0. The molecule has 0 atom stereocenters. The highest BCUT2D eigenvalue weighted by Gasteiger charge is 2.30. The number of alkyl halides is 3. The molecule has 9 heteroatoms. The Hall–Kier alpha value is -2.68. The molecule has 0 aliphatic heterocycles. The molecular weight excluding hydrogens is 373 g/mol. The van der Waals surface area contributed by atoms with E-state index in [9.17, 15) is 22.8 Å². The molecule has 0 fully saturated rings. The van der Waals surface area contributed by atoms with Crippen molar-refractivity contribution in [1.82, 2.24) is 15.1 Å². The third-order valence-electron chi connectivity index (χ3n) is 4.75. The maximum Gasteiger partial charge on any atom is 0.416 e. The number of halogens is 3. The van der Waals surface area contributed by atoms with Crippen LogP contribution in [-0.2, 0) is 6.18 Å². The van der Waals surface area contributed by atoms with Crippen LogP contribution in [0.3, 0.4) is 0 Å². The van der Waals surface area contributed by atoms with Gasteiger partial charge in [0.2, 0.25) is 5.43 Å². The van der Waals surface area contributed by atoms with Gasteiger partial charge in [-0.15, -0.1) is 0 Å². The maximum atomic E-state index is 13.0. The smallest absolute Gasteiger partial charge is 0.349 e. The van der Waals surface area contributed by atoms with Crippen LogP contribution in [0.1, 0.15) is 48.4 Å². The monoisotopic (exact) mass is 396 g/mol. The number of nitrogens with two attached hydrogens (primary N) is 1. The first-order chi connectivity index (χ1) is 13.0. The average Bonchev–Trinajstić information content (AvgIpc) is 2.65. The molecule has 0 bridgehead atoms. The van der Waals surface area contributed by atoms with Gasteiger partial charge in [-0.05, 0) is 38.0 Å². The number of carbonyl (C=O) groups excluding carboxylic acids is 1. The van der Waals surface area contributed by atoms with Gasteiger partial charge < -0.3 is 11.1 Å². The van der Waals surface area contributed by atoms with Crippen LogP contribution < -0.4 is 16.5 Å². The van der Waals surface area contributed by atoms with Crippen LogP contribution in [0.5, 0.6) is 0 Å². The van der Waals surface area contributed by atoms with Crippen LogP contribution in [0.2, 0.25) is 0 Å². The molecule has 3 N–H and O–H groups in total. The largest absolute Gasteiger partial charge is 0.416 e. The zero-order valence-corrected chi connectivity index (χ0v) is 15.9. The van der Waals surface area contributed by atoms with Crippen LogP contribution in [-0.4, -0.2) is 27.8 Å². The lowest BCUT2D eigenvalue weighted by atomic mass is 9.94. The Balaban J connectivity index is 2.40. The van der Waals surface area contributed by atoms with E-state index >= 15 is 0 Å². The SMILES string of the molecule is CCC(N)(CC)CNC(=O)c1nn(-c2cccc(C(F)(F)F)c2)c(C)cc1=O. The van der Waals surface area contributed by atoms with E-state index in [1.807, 2.05) is 13.8 Å². The zero-order chi connectivity index (χ0) is 21.1. The van der Waals surface area contributed by atoms with E-state index in [4.69, 9.17) is 5.73 Å². The molecule has 0 saturated carbocycles. The van der Waals surface area contributed by atoms with Crippen molar-refractivity contribution in [3.63, 3.8) is 0 Å². The van der Waals surface area contributed by atoms with E-state index in [0.29, 0.717) is 18.5 Å². The number of benzene rings is 1. The molecule has 28 heavy (non-hydrogen) atoms. The topological polar surface area (TPSA) is 90.0 Å². The Morgan fingerprint density at radius 3 is 2.43 bits per heavy atom. The van der Waals surface area contributed by atoms with Gasteiger partial charge in [-0.25, -0.2) is 4.68 Å². The molecular formula is C19H23F3N4O2. The highest BCUT2D eigenvalue weighted by molar-refractivity contribution is 5.92. The van der Waals surface area contributed by atoms with Crippen molar-refractivity contribution in [1.29, 1.82) is 0 Å². The molecule has 1 aromatic heterocycles. The quantitative estimate of drug-likeness (QED) is 0.786. The minimum absolute atomic E-state index is 0.0941. The van der Waals surface area contributed by atoms with Crippen LogP contribution in [0.4, 0.5) is 13.2 Å². The van der Waals surface area contributed by atoms with E-state index in [1.54, 1.807) is 0 Å². The summed E-state index contributed by atoms with van der Waals surface area (Å²) in [4.78, 5) is 24.6. The first-order valence-corrected chi connectivity index (χ1v) is 8.86. The Morgan fingerprint density at radius 1 is 1.21 bits per heavy atom. The van der Waals surface area contributed by atoms with Crippen LogP contribution in [0.15, 0.2) is 35.1 Å². The summed E-state index contributed by atoms with van der Waals surface area (Å²) in [7, 11) is 0. The van der Waals surface area contributed by atoms with Gasteiger partial charge in [0.05, 0.1) is 11.3 Å². The van der Waals surface area contributed by atoms with E-state index in [2.05, 4.69) is 10.4 Å². The van der Waals surface area contributed by atoms with E-state index < -0.39 is 34.3 Å². The minimum atomic E-state index is -4.52. The molecule has 2 aromatic rings. The van der Waals surface area contributed by atoms with Gasteiger partial charge in [-0.3, -0.25) is 9.59 Å². The average molecular weight is 396 g/mol. The summed E-state index contributed by atoms with van der Waals surface area (Å²) in [5, 5.41) is 6.60. The van der Waals surface area contributed by atoms with Crippen molar-refractivity contribution in [3.05, 3.63) is 57.5 Å². The number of aryl methyl sites for hydroxylation is 1. The van der Waals surface area contributed by atoms with Crippen LogP contribution in [0, 0.1) is 6.92 Å². The second-order valence-electron chi connectivity index (χ2n) is 6.71. The number of hydrogen-bond donors (Lipinski definition) is 2. The molecule has 0 aliphatic carbocycles. The fraction of sp³-hybridized carbons (Fsp3) is 0.421. The predicted octanol–water partition coefficient (Wildman–Crippen LogP) is 2.81.